The molecule has 0 spiro atoms. The Balaban J connectivity index is 1.64. The summed E-state index contributed by atoms with van der Waals surface area (Å²) in [5, 5.41) is 4.39. The van der Waals surface area contributed by atoms with E-state index in [-0.39, 0.29) is 6.61 Å². The summed E-state index contributed by atoms with van der Waals surface area (Å²) >= 11 is 0. The highest BCUT2D eigenvalue weighted by Gasteiger charge is 2.46. The second-order valence-corrected chi connectivity index (χ2v) is 9.15. The fourth-order valence-corrected chi connectivity index (χ4v) is 5.37. The number of carbonyl (C=O) groups excluding carboxylic acids is 1. The Morgan fingerprint density at radius 1 is 0.895 bits per heavy atom. The van der Waals surface area contributed by atoms with Crippen molar-refractivity contribution in [1.82, 2.24) is 4.98 Å². The highest BCUT2D eigenvalue weighted by molar-refractivity contribution is 5.99. The molecule has 0 radical (unpaired) electrons. The topological polar surface area (TPSA) is 72.6 Å². The van der Waals surface area contributed by atoms with Gasteiger partial charge in [0.1, 0.15) is 17.0 Å². The van der Waals surface area contributed by atoms with Crippen LogP contribution in [0.25, 0.3) is 10.9 Å². The van der Waals surface area contributed by atoms with Gasteiger partial charge in [0.05, 0.1) is 13.7 Å². The number of benzene rings is 4. The van der Waals surface area contributed by atoms with Crippen LogP contribution in [-0.2, 0) is 15.1 Å². The average molecular weight is 505 g/mol. The van der Waals surface area contributed by atoms with Crippen LogP contribution in [0.1, 0.15) is 45.9 Å². The molecule has 38 heavy (non-hydrogen) atoms. The predicted octanol–water partition coefficient (Wildman–Crippen LogP) is 6.79. The predicted molar refractivity (Wildman–Crippen MR) is 147 cm³/mol. The van der Waals surface area contributed by atoms with E-state index < -0.39 is 17.8 Å². The molecule has 6 rings (SSSR count). The molecule has 1 aliphatic heterocycles. The van der Waals surface area contributed by atoms with E-state index in [1.165, 1.54) is 0 Å². The molecule has 0 fully saturated rings. The first kappa shape index (κ1) is 23.8. The van der Waals surface area contributed by atoms with Crippen molar-refractivity contribution in [2.45, 2.75) is 18.8 Å². The minimum absolute atomic E-state index is 0.261. The summed E-state index contributed by atoms with van der Waals surface area (Å²) in [7, 11) is 1.63. The fraction of sp³-hybridized carbons (Fsp3) is 0.156. The molecule has 1 unspecified atom stereocenters. The Morgan fingerprint density at radius 3 is 2.21 bits per heavy atom. The van der Waals surface area contributed by atoms with E-state index in [0.717, 1.165) is 33.3 Å². The van der Waals surface area contributed by atoms with Crippen molar-refractivity contribution in [3.63, 3.8) is 0 Å². The third-order valence-electron chi connectivity index (χ3n) is 7.04. The van der Waals surface area contributed by atoms with Gasteiger partial charge in [0.25, 0.3) is 0 Å². The lowest BCUT2D eigenvalue weighted by Gasteiger charge is -2.44. The molecule has 1 aliphatic rings. The first-order valence-electron chi connectivity index (χ1n) is 12.7. The zero-order chi connectivity index (χ0) is 26.1. The van der Waals surface area contributed by atoms with E-state index in [4.69, 9.17) is 14.2 Å². The van der Waals surface area contributed by atoms with E-state index in [1.54, 1.807) is 14.0 Å². The van der Waals surface area contributed by atoms with Crippen LogP contribution in [0.3, 0.4) is 0 Å². The number of methoxy groups -OCH3 is 1. The molecule has 6 nitrogen and oxygen atoms in total. The molecule has 2 N–H and O–H groups in total. The largest absolute Gasteiger partial charge is 0.497 e. The van der Waals surface area contributed by atoms with Gasteiger partial charge in [-0.3, -0.25) is 0 Å². The Kier molecular flexibility index (Phi) is 6.10. The molecule has 1 atom stereocenters. The first-order valence-corrected chi connectivity index (χ1v) is 12.7. The Hall–Kier alpha value is -4.55. The number of aromatic nitrogens is 1. The van der Waals surface area contributed by atoms with Gasteiger partial charge in [0.2, 0.25) is 0 Å². The normalized spacial score (nSPS) is 15.9. The minimum atomic E-state index is -0.941. The molecule has 4 aromatic carbocycles. The van der Waals surface area contributed by atoms with Gasteiger partial charge in [-0.1, -0.05) is 78.9 Å². The molecular weight excluding hydrogens is 476 g/mol. The SMILES string of the molecule is CCOC(=O)c1[nH]c2ccc(OC)cc2c1C1Nc2ccccc2C(c2ccccc2)(c2ccccc2)O1. The van der Waals surface area contributed by atoms with Crippen molar-refractivity contribution in [3.8, 4) is 5.75 Å². The fourth-order valence-electron chi connectivity index (χ4n) is 5.37. The number of H-pyrrole nitrogens is 1. The number of para-hydroxylation sites is 1. The molecule has 6 heteroatoms. The van der Waals surface area contributed by atoms with Crippen LogP contribution < -0.4 is 10.1 Å². The van der Waals surface area contributed by atoms with Crippen LogP contribution in [0.4, 0.5) is 5.69 Å². The minimum Gasteiger partial charge on any atom is -0.497 e. The van der Waals surface area contributed by atoms with Gasteiger partial charge in [-0.15, -0.1) is 0 Å². The van der Waals surface area contributed by atoms with Crippen molar-refractivity contribution in [2.24, 2.45) is 0 Å². The molecule has 5 aromatic rings. The molecule has 0 saturated carbocycles. The van der Waals surface area contributed by atoms with Crippen LogP contribution in [0.2, 0.25) is 0 Å². The Labute approximate surface area is 221 Å². The van der Waals surface area contributed by atoms with Crippen molar-refractivity contribution in [3.05, 3.63) is 131 Å². The number of fused-ring (bicyclic) bond motifs is 2. The van der Waals surface area contributed by atoms with Crippen molar-refractivity contribution in [2.75, 3.05) is 19.0 Å². The zero-order valence-corrected chi connectivity index (χ0v) is 21.2. The number of carbonyl (C=O) groups is 1. The second kappa shape index (κ2) is 9.72. The van der Waals surface area contributed by atoms with E-state index in [0.29, 0.717) is 17.0 Å². The molecule has 0 aliphatic carbocycles. The maximum atomic E-state index is 13.2. The summed E-state index contributed by atoms with van der Waals surface area (Å²) in [5.41, 5.74) is 4.75. The number of rotatable bonds is 6. The number of hydrogen-bond donors (Lipinski definition) is 2. The molecular formula is C32H28N2O4. The Bertz CT molecular complexity index is 1550. The molecule has 0 amide bonds. The zero-order valence-electron chi connectivity index (χ0n) is 21.2. The molecule has 2 heterocycles. The van der Waals surface area contributed by atoms with Gasteiger partial charge in [-0.25, -0.2) is 4.79 Å². The standard InChI is InChI=1S/C32H28N2O4/c1-3-37-31(35)29-28(24-20-23(36-2)18-19-26(24)33-29)30-34-27-17-11-10-16-25(27)32(38-30,21-12-6-4-7-13-21)22-14-8-5-9-15-22/h4-20,30,33-34H,3H2,1-2H3. The molecule has 1 aromatic heterocycles. The maximum absolute atomic E-state index is 13.2. The number of ether oxygens (including phenoxy) is 3. The third-order valence-corrected chi connectivity index (χ3v) is 7.04. The van der Waals surface area contributed by atoms with Gasteiger partial charge in [0.15, 0.2) is 6.23 Å². The number of hydrogen-bond acceptors (Lipinski definition) is 5. The number of nitrogens with one attached hydrogen (secondary N) is 2. The lowest BCUT2D eigenvalue weighted by atomic mass is 9.78. The number of anilines is 1. The highest BCUT2D eigenvalue weighted by atomic mass is 16.5. The quantitative estimate of drug-likeness (QED) is 0.249. The first-order chi connectivity index (χ1) is 18.7. The second-order valence-electron chi connectivity index (χ2n) is 9.15. The van der Waals surface area contributed by atoms with E-state index in [2.05, 4.69) is 40.6 Å². The smallest absolute Gasteiger partial charge is 0.355 e. The summed E-state index contributed by atoms with van der Waals surface area (Å²) in [6.07, 6.45) is -0.689. The summed E-state index contributed by atoms with van der Waals surface area (Å²) in [4.78, 5) is 16.5. The van der Waals surface area contributed by atoms with Crippen molar-refractivity contribution < 1.29 is 19.0 Å². The van der Waals surface area contributed by atoms with Gasteiger partial charge in [-0.05, 0) is 42.3 Å². The van der Waals surface area contributed by atoms with Gasteiger partial charge in [-0.2, -0.15) is 0 Å². The highest BCUT2D eigenvalue weighted by Crippen LogP contribution is 2.51. The Morgan fingerprint density at radius 2 is 1.55 bits per heavy atom. The van der Waals surface area contributed by atoms with E-state index in [1.807, 2.05) is 72.8 Å². The lowest BCUT2D eigenvalue weighted by Crippen LogP contribution is -2.41. The van der Waals surface area contributed by atoms with Gasteiger partial charge in [0, 0.05) is 27.7 Å². The van der Waals surface area contributed by atoms with Gasteiger partial charge < -0.3 is 24.5 Å². The number of esters is 1. The van der Waals surface area contributed by atoms with Crippen molar-refractivity contribution in [1.29, 1.82) is 0 Å². The van der Waals surface area contributed by atoms with Crippen LogP contribution in [-0.4, -0.2) is 24.7 Å². The van der Waals surface area contributed by atoms with E-state index in [9.17, 15) is 4.79 Å². The maximum Gasteiger partial charge on any atom is 0.355 e. The van der Waals surface area contributed by atoms with E-state index >= 15 is 0 Å². The summed E-state index contributed by atoms with van der Waals surface area (Å²) in [5.74, 6) is 0.244. The van der Waals surface area contributed by atoms with Crippen LogP contribution in [0.5, 0.6) is 5.75 Å². The van der Waals surface area contributed by atoms with Crippen molar-refractivity contribution >= 4 is 22.6 Å². The lowest BCUT2D eigenvalue weighted by molar-refractivity contribution is -0.0431. The average Bonchev–Trinajstić information content (AvgIpc) is 3.36. The van der Waals surface area contributed by atoms with Crippen LogP contribution in [0, 0.1) is 0 Å². The molecule has 0 saturated heterocycles. The van der Waals surface area contributed by atoms with Crippen LogP contribution in [0.15, 0.2) is 103 Å². The summed E-state index contributed by atoms with van der Waals surface area (Å²) in [6, 6.07) is 34.2. The van der Waals surface area contributed by atoms with Gasteiger partial charge >= 0.3 is 5.97 Å². The van der Waals surface area contributed by atoms with Crippen LogP contribution >= 0.6 is 0 Å². The summed E-state index contributed by atoms with van der Waals surface area (Å²) in [6.45, 7) is 2.06. The molecule has 0 bridgehead atoms. The monoisotopic (exact) mass is 504 g/mol. The third kappa shape index (κ3) is 3.81. The number of aromatic amines is 1. The molecule has 190 valence electrons. The summed E-state index contributed by atoms with van der Waals surface area (Å²) < 4.78 is 18.2.